The maximum atomic E-state index is 13.8. The molecule has 0 aliphatic heterocycles. The molecule has 2 nitrogen and oxygen atoms in total. The summed E-state index contributed by atoms with van der Waals surface area (Å²) in [7, 11) is 1.27. The molecule has 0 radical (unpaired) electrons. The van der Waals surface area contributed by atoms with Crippen molar-refractivity contribution in [3.8, 4) is 5.75 Å². The molecule has 6 heteroatoms. The largest absolute Gasteiger partial charge is 0.497 e. The lowest BCUT2D eigenvalue weighted by Crippen LogP contribution is -2.07. The van der Waals surface area contributed by atoms with Crippen LogP contribution in [0.5, 0.6) is 5.75 Å². The normalized spacial score (nSPS) is 12.3. The van der Waals surface area contributed by atoms with Crippen LogP contribution in [0.25, 0.3) is 0 Å². The van der Waals surface area contributed by atoms with Gasteiger partial charge >= 0.3 is 0 Å². The second-order valence-corrected chi connectivity index (χ2v) is 4.48. The van der Waals surface area contributed by atoms with Crippen LogP contribution in [0.4, 0.5) is 13.2 Å². The van der Waals surface area contributed by atoms with Gasteiger partial charge in [0, 0.05) is 22.7 Å². The Morgan fingerprint density at radius 1 is 1.10 bits per heavy atom. The minimum absolute atomic E-state index is 0.0102. The van der Waals surface area contributed by atoms with Crippen molar-refractivity contribution in [2.45, 2.75) is 6.10 Å². The van der Waals surface area contributed by atoms with E-state index in [0.717, 1.165) is 24.3 Å². The fourth-order valence-electron chi connectivity index (χ4n) is 1.82. The number of hydrogen-bond donors (Lipinski definition) is 1. The first-order valence-electron chi connectivity index (χ1n) is 5.60. The van der Waals surface area contributed by atoms with Gasteiger partial charge in [-0.2, -0.15) is 0 Å². The monoisotopic (exact) mass is 302 g/mol. The van der Waals surface area contributed by atoms with Crippen molar-refractivity contribution in [2.75, 3.05) is 7.11 Å². The molecular formula is C14H10ClF3O2. The van der Waals surface area contributed by atoms with Gasteiger partial charge in [-0.25, -0.2) is 13.2 Å². The summed E-state index contributed by atoms with van der Waals surface area (Å²) in [5, 5.41) is 9.94. The molecule has 1 atom stereocenters. The van der Waals surface area contributed by atoms with Crippen molar-refractivity contribution in [1.82, 2.24) is 0 Å². The van der Waals surface area contributed by atoms with Crippen LogP contribution in [0.3, 0.4) is 0 Å². The highest BCUT2D eigenvalue weighted by atomic mass is 35.5. The number of hydrogen-bond acceptors (Lipinski definition) is 2. The Kier molecular flexibility index (Phi) is 4.20. The zero-order chi connectivity index (χ0) is 14.9. The number of rotatable bonds is 3. The molecule has 0 aromatic heterocycles. The summed E-state index contributed by atoms with van der Waals surface area (Å²) in [6.45, 7) is 0. The Morgan fingerprint density at radius 2 is 1.70 bits per heavy atom. The molecule has 0 aliphatic carbocycles. The number of methoxy groups -OCH3 is 1. The van der Waals surface area contributed by atoms with Crippen molar-refractivity contribution < 1.29 is 23.0 Å². The van der Waals surface area contributed by atoms with Crippen LogP contribution in [0, 0.1) is 17.5 Å². The van der Waals surface area contributed by atoms with Gasteiger partial charge in [-0.15, -0.1) is 0 Å². The topological polar surface area (TPSA) is 29.5 Å². The van der Waals surface area contributed by atoms with Gasteiger partial charge in [-0.3, -0.25) is 0 Å². The Labute approximate surface area is 118 Å². The summed E-state index contributed by atoms with van der Waals surface area (Å²) in [6.07, 6.45) is -1.64. The maximum absolute atomic E-state index is 13.8. The molecule has 106 valence electrons. The van der Waals surface area contributed by atoms with Gasteiger partial charge in [0.05, 0.1) is 12.7 Å². The lowest BCUT2D eigenvalue weighted by molar-refractivity contribution is 0.208. The van der Waals surface area contributed by atoms with E-state index in [9.17, 15) is 18.3 Å². The third-order valence-corrected chi connectivity index (χ3v) is 3.15. The second-order valence-electron chi connectivity index (χ2n) is 4.07. The van der Waals surface area contributed by atoms with Crippen LogP contribution >= 0.6 is 11.6 Å². The van der Waals surface area contributed by atoms with Crippen LogP contribution in [-0.2, 0) is 0 Å². The van der Waals surface area contributed by atoms with E-state index in [-0.39, 0.29) is 16.3 Å². The smallest absolute Gasteiger partial charge is 0.135 e. The average molecular weight is 303 g/mol. The van der Waals surface area contributed by atoms with Gasteiger partial charge in [0.1, 0.15) is 29.3 Å². The van der Waals surface area contributed by atoms with Gasteiger partial charge in [0.2, 0.25) is 0 Å². The summed E-state index contributed by atoms with van der Waals surface area (Å²) in [5.74, 6) is -2.58. The van der Waals surface area contributed by atoms with E-state index in [1.54, 1.807) is 0 Å². The molecule has 0 saturated heterocycles. The highest BCUT2D eigenvalue weighted by Crippen LogP contribution is 2.33. The predicted molar refractivity (Wildman–Crippen MR) is 68.4 cm³/mol. The van der Waals surface area contributed by atoms with E-state index in [4.69, 9.17) is 16.3 Å². The fraction of sp³-hybridized carbons (Fsp3) is 0.143. The summed E-state index contributed by atoms with van der Waals surface area (Å²) in [6, 6.07) is 5.06. The van der Waals surface area contributed by atoms with E-state index in [1.165, 1.54) is 13.2 Å². The predicted octanol–water partition coefficient (Wildman–Crippen LogP) is 3.85. The molecule has 1 N–H and O–H groups in total. The van der Waals surface area contributed by atoms with E-state index in [0.29, 0.717) is 0 Å². The molecule has 2 aromatic rings. The Morgan fingerprint density at radius 3 is 2.20 bits per heavy atom. The Hall–Kier alpha value is -1.72. The standard InChI is InChI=1S/C14H10ClF3O2/c1-20-8-5-11(17)13(12(18)6-8)14(19)9-3-2-7(16)4-10(9)15/h2-6,14,19H,1H3. The number of ether oxygens (including phenoxy) is 1. The summed E-state index contributed by atoms with van der Waals surface area (Å²) >= 11 is 5.77. The zero-order valence-electron chi connectivity index (χ0n) is 10.3. The highest BCUT2D eigenvalue weighted by Gasteiger charge is 2.23. The number of aliphatic hydroxyl groups is 1. The molecule has 0 saturated carbocycles. The van der Waals surface area contributed by atoms with Crippen molar-refractivity contribution in [3.63, 3.8) is 0 Å². The zero-order valence-corrected chi connectivity index (χ0v) is 11.1. The molecule has 0 amide bonds. The molecule has 0 bridgehead atoms. The van der Waals surface area contributed by atoms with E-state index in [2.05, 4.69) is 0 Å². The van der Waals surface area contributed by atoms with Crippen molar-refractivity contribution >= 4 is 11.6 Å². The maximum Gasteiger partial charge on any atom is 0.135 e. The first-order chi connectivity index (χ1) is 9.43. The Bertz CT molecular complexity index is 623. The van der Waals surface area contributed by atoms with Crippen LogP contribution in [0.2, 0.25) is 5.02 Å². The summed E-state index contributed by atoms with van der Waals surface area (Å²) in [5.41, 5.74) is -0.560. The van der Waals surface area contributed by atoms with Gasteiger partial charge in [0.15, 0.2) is 0 Å². The summed E-state index contributed by atoms with van der Waals surface area (Å²) in [4.78, 5) is 0. The molecule has 0 aliphatic rings. The van der Waals surface area contributed by atoms with Crippen LogP contribution in [0.15, 0.2) is 30.3 Å². The third kappa shape index (κ3) is 2.73. The lowest BCUT2D eigenvalue weighted by atomic mass is 10.00. The molecule has 1 unspecified atom stereocenters. The molecule has 0 fully saturated rings. The van der Waals surface area contributed by atoms with Crippen LogP contribution in [-0.4, -0.2) is 12.2 Å². The minimum atomic E-state index is -1.64. The van der Waals surface area contributed by atoms with E-state index in [1.807, 2.05) is 0 Å². The molecular weight excluding hydrogens is 293 g/mol. The van der Waals surface area contributed by atoms with Gasteiger partial charge < -0.3 is 9.84 Å². The molecule has 0 spiro atoms. The fourth-order valence-corrected chi connectivity index (χ4v) is 2.09. The minimum Gasteiger partial charge on any atom is -0.497 e. The average Bonchev–Trinajstić information content (AvgIpc) is 2.37. The SMILES string of the molecule is COc1cc(F)c(C(O)c2ccc(F)cc2Cl)c(F)c1. The van der Waals surface area contributed by atoms with Crippen molar-refractivity contribution in [3.05, 3.63) is 63.9 Å². The van der Waals surface area contributed by atoms with Crippen LogP contribution < -0.4 is 4.74 Å². The van der Waals surface area contributed by atoms with Crippen molar-refractivity contribution in [2.24, 2.45) is 0 Å². The lowest BCUT2D eigenvalue weighted by Gasteiger charge is -2.15. The first-order valence-corrected chi connectivity index (χ1v) is 5.97. The molecule has 0 heterocycles. The number of aliphatic hydroxyl groups excluding tert-OH is 1. The number of halogens is 4. The van der Waals surface area contributed by atoms with Gasteiger partial charge in [-0.1, -0.05) is 17.7 Å². The third-order valence-electron chi connectivity index (χ3n) is 2.82. The molecule has 20 heavy (non-hydrogen) atoms. The van der Waals surface area contributed by atoms with E-state index < -0.39 is 29.1 Å². The van der Waals surface area contributed by atoms with Gasteiger partial charge in [-0.05, 0) is 12.1 Å². The Balaban J connectivity index is 2.50. The number of benzene rings is 2. The van der Waals surface area contributed by atoms with Gasteiger partial charge in [0.25, 0.3) is 0 Å². The molecule has 2 aromatic carbocycles. The van der Waals surface area contributed by atoms with E-state index >= 15 is 0 Å². The molecule has 2 rings (SSSR count). The first kappa shape index (κ1) is 14.7. The second kappa shape index (κ2) is 5.73. The summed E-state index contributed by atoms with van der Waals surface area (Å²) < 4.78 is 45.4. The van der Waals surface area contributed by atoms with Crippen LogP contribution in [0.1, 0.15) is 17.2 Å². The van der Waals surface area contributed by atoms with Crippen molar-refractivity contribution in [1.29, 1.82) is 0 Å². The quantitative estimate of drug-likeness (QED) is 0.933. The highest BCUT2D eigenvalue weighted by molar-refractivity contribution is 6.31.